The molecule has 0 bridgehead atoms. The Morgan fingerprint density at radius 1 is 1.27 bits per heavy atom. The lowest BCUT2D eigenvalue weighted by Crippen LogP contribution is -2.67. The Balaban J connectivity index is 1.64. The van der Waals surface area contributed by atoms with Gasteiger partial charge in [0.05, 0.1) is 27.7 Å². The number of nitrogens with zero attached hydrogens (tertiary/aromatic N) is 4. The molecule has 1 spiro atoms. The number of ether oxygens (including phenoxy) is 1. The van der Waals surface area contributed by atoms with Gasteiger partial charge in [-0.05, 0) is 63.9 Å². The minimum atomic E-state index is -0.763. The van der Waals surface area contributed by atoms with Crippen LogP contribution in [0, 0.1) is 22.6 Å². The van der Waals surface area contributed by atoms with E-state index in [1.54, 1.807) is 21.9 Å². The molecule has 1 atom stereocenters. The van der Waals surface area contributed by atoms with Crippen molar-refractivity contribution in [1.29, 1.82) is 5.26 Å². The number of hydrogen-bond donors (Lipinski definition) is 0. The van der Waals surface area contributed by atoms with E-state index in [0.717, 1.165) is 0 Å². The molecular formula is C24H24ClFN4O3. The van der Waals surface area contributed by atoms with Gasteiger partial charge in [-0.2, -0.15) is 5.26 Å². The van der Waals surface area contributed by atoms with Gasteiger partial charge in [0.1, 0.15) is 17.5 Å². The third-order valence-electron chi connectivity index (χ3n) is 6.11. The van der Waals surface area contributed by atoms with E-state index < -0.39 is 29.0 Å². The molecule has 1 unspecified atom stereocenters. The third kappa shape index (κ3) is 4.13. The van der Waals surface area contributed by atoms with E-state index in [-0.39, 0.29) is 10.9 Å². The van der Waals surface area contributed by atoms with Gasteiger partial charge in [0.2, 0.25) is 5.91 Å². The summed E-state index contributed by atoms with van der Waals surface area (Å²) in [5.74, 6) is -0.688. The second-order valence-corrected chi connectivity index (χ2v) is 9.79. The third-order valence-corrected chi connectivity index (χ3v) is 6.40. The molecule has 172 valence electrons. The van der Waals surface area contributed by atoms with E-state index in [1.807, 2.05) is 26.8 Å². The zero-order valence-corrected chi connectivity index (χ0v) is 19.4. The average molecular weight is 471 g/mol. The Labute approximate surface area is 196 Å². The summed E-state index contributed by atoms with van der Waals surface area (Å²) in [6.07, 6.45) is 1.93. The van der Waals surface area contributed by atoms with Crippen LogP contribution in [-0.4, -0.2) is 40.6 Å². The molecule has 0 radical (unpaired) electrons. The van der Waals surface area contributed by atoms with Crippen molar-refractivity contribution in [2.24, 2.45) is 5.41 Å². The maximum absolute atomic E-state index is 13.7. The largest absolute Gasteiger partial charge is 0.444 e. The lowest BCUT2D eigenvalue weighted by Gasteiger charge is -2.58. The monoisotopic (exact) mass is 470 g/mol. The van der Waals surface area contributed by atoms with Gasteiger partial charge in [0, 0.05) is 25.0 Å². The van der Waals surface area contributed by atoms with Crippen LogP contribution >= 0.6 is 11.6 Å². The highest BCUT2D eigenvalue weighted by Crippen LogP contribution is 2.57. The van der Waals surface area contributed by atoms with E-state index >= 15 is 0 Å². The van der Waals surface area contributed by atoms with Crippen LogP contribution in [0.1, 0.15) is 50.9 Å². The molecule has 2 fully saturated rings. The fourth-order valence-corrected chi connectivity index (χ4v) is 4.68. The fraction of sp³-hybridized carbons (Fsp3) is 0.417. The van der Waals surface area contributed by atoms with Gasteiger partial charge in [0.15, 0.2) is 0 Å². The molecule has 0 saturated carbocycles. The summed E-state index contributed by atoms with van der Waals surface area (Å²) in [4.78, 5) is 33.7. The summed E-state index contributed by atoms with van der Waals surface area (Å²) < 4.78 is 19.2. The summed E-state index contributed by atoms with van der Waals surface area (Å²) in [5, 5.41) is 9.04. The summed E-state index contributed by atoms with van der Waals surface area (Å²) in [6.45, 7) is 6.16. The van der Waals surface area contributed by atoms with Gasteiger partial charge in [-0.1, -0.05) is 11.6 Å². The van der Waals surface area contributed by atoms with Crippen LogP contribution in [0.3, 0.4) is 0 Å². The van der Waals surface area contributed by atoms with Crippen molar-refractivity contribution in [3.05, 3.63) is 58.6 Å². The van der Waals surface area contributed by atoms with Gasteiger partial charge in [-0.15, -0.1) is 0 Å². The first-order valence-corrected chi connectivity index (χ1v) is 11.1. The summed E-state index contributed by atoms with van der Waals surface area (Å²) in [5.41, 5.74) is 0.143. The number of nitriles is 1. The first kappa shape index (κ1) is 23.0. The maximum atomic E-state index is 13.7. The Morgan fingerprint density at radius 2 is 1.97 bits per heavy atom. The molecular weight excluding hydrogens is 447 g/mol. The molecule has 7 nitrogen and oxygen atoms in total. The first-order valence-electron chi connectivity index (χ1n) is 10.7. The van der Waals surface area contributed by atoms with Gasteiger partial charge in [0.25, 0.3) is 0 Å². The van der Waals surface area contributed by atoms with E-state index in [4.69, 9.17) is 21.6 Å². The molecule has 3 heterocycles. The highest BCUT2D eigenvalue weighted by molar-refractivity contribution is 6.31. The topological polar surface area (TPSA) is 86.5 Å². The van der Waals surface area contributed by atoms with Crippen molar-refractivity contribution in [3.63, 3.8) is 0 Å². The molecule has 2 amide bonds. The predicted molar refractivity (Wildman–Crippen MR) is 120 cm³/mol. The number of carbonyl (C=O) groups is 2. The number of amides is 2. The van der Waals surface area contributed by atoms with Crippen molar-refractivity contribution >= 4 is 29.3 Å². The lowest BCUT2D eigenvalue weighted by molar-refractivity contribution is -0.145. The van der Waals surface area contributed by atoms with Crippen LogP contribution in [0.15, 0.2) is 36.5 Å². The molecule has 0 N–H and O–H groups in total. The Bertz CT molecular complexity index is 1130. The SMILES string of the molecule is CC(C)(C)OC(=O)N1CCC2(CC1)C(=O)N(c1ccc(F)c(Cl)c1)C2c1ccc(C#N)cn1. The molecule has 2 aliphatic rings. The quantitative estimate of drug-likeness (QED) is 0.585. The number of hydrogen-bond acceptors (Lipinski definition) is 5. The highest BCUT2D eigenvalue weighted by Gasteiger charge is 2.63. The van der Waals surface area contributed by atoms with Gasteiger partial charge >= 0.3 is 6.09 Å². The molecule has 2 aromatic rings. The Hall–Kier alpha value is -3.18. The molecule has 2 aliphatic heterocycles. The zero-order valence-electron chi connectivity index (χ0n) is 18.6. The lowest BCUT2D eigenvalue weighted by atomic mass is 9.63. The Kier molecular flexibility index (Phi) is 5.79. The van der Waals surface area contributed by atoms with Crippen LogP contribution in [-0.2, 0) is 9.53 Å². The second-order valence-electron chi connectivity index (χ2n) is 9.38. The van der Waals surface area contributed by atoms with Gasteiger partial charge in [-0.25, -0.2) is 9.18 Å². The number of β-lactam (4-membered cyclic amide) rings is 1. The van der Waals surface area contributed by atoms with Crippen molar-refractivity contribution in [1.82, 2.24) is 9.88 Å². The minimum Gasteiger partial charge on any atom is -0.444 e. The number of carbonyl (C=O) groups excluding carboxylic acids is 2. The molecule has 0 aliphatic carbocycles. The number of pyridine rings is 1. The van der Waals surface area contributed by atoms with Crippen LogP contribution in [0.2, 0.25) is 5.02 Å². The standard InChI is InChI=1S/C24H24ClFN4O3/c1-23(2,3)33-22(32)29-10-8-24(9-11-29)20(19-7-4-15(13-27)14-28-19)30(21(24)31)16-5-6-18(26)17(25)12-16/h4-7,12,14,20H,8-11H2,1-3H3. The number of likely N-dealkylation sites (tertiary alicyclic amines) is 1. The highest BCUT2D eigenvalue weighted by atomic mass is 35.5. The first-order chi connectivity index (χ1) is 15.6. The molecule has 1 aromatic heterocycles. The van der Waals surface area contributed by atoms with E-state index in [2.05, 4.69) is 4.98 Å². The minimum absolute atomic E-state index is 0.0764. The molecule has 4 rings (SSSR count). The van der Waals surface area contributed by atoms with Crippen LogP contribution in [0.4, 0.5) is 14.9 Å². The van der Waals surface area contributed by atoms with Crippen LogP contribution in [0.5, 0.6) is 0 Å². The number of anilines is 1. The second kappa shape index (κ2) is 8.31. The van der Waals surface area contributed by atoms with E-state index in [9.17, 15) is 14.0 Å². The van der Waals surface area contributed by atoms with Crippen LogP contribution < -0.4 is 4.90 Å². The molecule has 9 heteroatoms. The number of benzene rings is 1. The number of piperidine rings is 1. The van der Waals surface area contributed by atoms with E-state index in [1.165, 1.54) is 24.4 Å². The molecule has 33 heavy (non-hydrogen) atoms. The summed E-state index contributed by atoms with van der Waals surface area (Å²) in [6, 6.07) is 9.16. The smallest absolute Gasteiger partial charge is 0.410 e. The molecule has 1 aromatic carbocycles. The average Bonchev–Trinajstić information content (AvgIpc) is 2.78. The maximum Gasteiger partial charge on any atom is 0.410 e. The molecule has 2 saturated heterocycles. The van der Waals surface area contributed by atoms with Crippen molar-refractivity contribution < 1.29 is 18.7 Å². The number of halogens is 2. The van der Waals surface area contributed by atoms with Crippen molar-refractivity contribution in [3.8, 4) is 6.07 Å². The fourth-order valence-electron chi connectivity index (χ4n) is 4.51. The number of aromatic nitrogens is 1. The van der Waals surface area contributed by atoms with Crippen LogP contribution in [0.25, 0.3) is 0 Å². The van der Waals surface area contributed by atoms with E-state index in [0.29, 0.717) is 42.9 Å². The van der Waals surface area contributed by atoms with Crippen molar-refractivity contribution in [2.75, 3.05) is 18.0 Å². The predicted octanol–water partition coefficient (Wildman–Crippen LogP) is 4.85. The van der Waals surface area contributed by atoms with Gasteiger partial charge < -0.3 is 14.5 Å². The zero-order chi connectivity index (χ0) is 24.0. The Morgan fingerprint density at radius 3 is 2.52 bits per heavy atom. The number of rotatable bonds is 2. The summed E-state index contributed by atoms with van der Waals surface area (Å²) in [7, 11) is 0. The summed E-state index contributed by atoms with van der Waals surface area (Å²) >= 11 is 5.98. The van der Waals surface area contributed by atoms with Gasteiger partial charge in [-0.3, -0.25) is 9.78 Å². The van der Waals surface area contributed by atoms with Crippen molar-refractivity contribution in [2.45, 2.75) is 45.3 Å². The normalized spacial score (nSPS) is 19.8.